The van der Waals surface area contributed by atoms with Crippen molar-refractivity contribution in [2.75, 3.05) is 0 Å². The van der Waals surface area contributed by atoms with Crippen molar-refractivity contribution in [3.8, 4) is 0 Å². The van der Waals surface area contributed by atoms with Gasteiger partial charge in [0.05, 0.1) is 11.7 Å². The Hall–Kier alpha value is -1.08. The quantitative estimate of drug-likeness (QED) is 0.694. The molecule has 2 rings (SSSR count). The molecule has 1 nitrogen and oxygen atoms in total. The zero-order valence-corrected chi connectivity index (χ0v) is 10.4. The summed E-state index contributed by atoms with van der Waals surface area (Å²) in [7, 11) is 0. The molecule has 0 aromatic heterocycles. The first-order valence-corrected chi connectivity index (χ1v) is 5.92. The van der Waals surface area contributed by atoms with Gasteiger partial charge in [-0.2, -0.15) is 0 Å². The van der Waals surface area contributed by atoms with E-state index in [1.54, 1.807) is 0 Å². The molecule has 1 aromatic rings. The molecule has 0 radical (unpaired) electrons. The van der Waals surface area contributed by atoms with Gasteiger partial charge in [0.25, 0.3) is 0 Å². The van der Waals surface area contributed by atoms with Crippen LogP contribution in [0.3, 0.4) is 0 Å². The maximum Gasteiger partial charge on any atom is 0.0892 e. The fourth-order valence-corrected chi connectivity index (χ4v) is 1.98. The zero-order valence-electron chi connectivity index (χ0n) is 10.4. The number of benzene rings is 1. The fourth-order valence-electron chi connectivity index (χ4n) is 1.98. The highest BCUT2D eigenvalue weighted by atomic mass is 16.6. The highest BCUT2D eigenvalue weighted by Gasteiger charge is 2.46. The monoisotopic (exact) mass is 216 g/mol. The summed E-state index contributed by atoms with van der Waals surface area (Å²) in [6.07, 6.45) is 2.53. The summed E-state index contributed by atoms with van der Waals surface area (Å²) in [6, 6.07) is 8.57. The van der Waals surface area contributed by atoms with E-state index in [-0.39, 0.29) is 5.60 Å². The van der Waals surface area contributed by atoms with Crippen LogP contribution in [0.1, 0.15) is 37.8 Å². The molecule has 1 heterocycles. The summed E-state index contributed by atoms with van der Waals surface area (Å²) < 4.78 is 5.57. The number of rotatable bonds is 4. The Balaban J connectivity index is 1.87. The Bertz CT molecular complexity index is 386. The van der Waals surface area contributed by atoms with Gasteiger partial charge < -0.3 is 4.74 Å². The number of allylic oxidation sites excluding steroid dienone is 1. The molecule has 1 heteroatoms. The number of hydrogen-bond acceptors (Lipinski definition) is 1. The summed E-state index contributed by atoms with van der Waals surface area (Å²) in [4.78, 5) is 0. The highest BCUT2D eigenvalue weighted by molar-refractivity contribution is 5.63. The molecule has 86 valence electrons. The minimum atomic E-state index is 0.105. The molecule has 1 aliphatic heterocycles. The van der Waals surface area contributed by atoms with Crippen LogP contribution >= 0.6 is 0 Å². The van der Waals surface area contributed by atoms with Crippen molar-refractivity contribution < 1.29 is 4.74 Å². The van der Waals surface area contributed by atoms with Crippen LogP contribution in [-0.4, -0.2) is 11.7 Å². The Morgan fingerprint density at radius 1 is 1.31 bits per heavy atom. The first kappa shape index (κ1) is 11.4. The summed E-state index contributed by atoms with van der Waals surface area (Å²) >= 11 is 0. The van der Waals surface area contributed by atoms with E-state index in [1.165, 1.54) is 16.7 Å². The van der Waals surface area contributed by atoms with Crippen LogP contribution in [0.2, 0.25) is 0 Å². The van der Waals surface area contributed by atoms with Crippen molar-refractivity contribution >= 4 is 5.57 Å². The van der Waals surface area contributed by atoms with Crippen LogP contribution < -0.4 is 0 Å². The smallest absolute Gasteiger partial charge is 0.0892 e. The average Bonchev–Trinajstić information content (AvgIpc) is 2.84. The van der Waals surface area contributed by atoms with E-state index in [1.807, 2.05) is 0 Å². The van der Waals surface area contributed by atoms with Crippen LogP contribution in [0.15, 0.2) is 30.8 Å². The molecular formula is C15H20O. The molecule has 0 bridgehead atoms. The summed E-state index contributed by atoms with van der Waals surface area (Å²) in [5, 5.41) is 0. The standard InChI is InChI=1S/C15H20O/c1-11-5-8-13(9-6-11)12(2)7-10-14-15(3,4)16-14/h5-6,8-9,14H,2,7,10H2,1,3-4H3. The van der Waals surface area contributed by atoms with Gasteiger partial charge in [0, 0.05) is 0 Å². The third-order valence-corrected chi connectivity index (χ3v) is 3.33. The molecular weight excluding hydrogens is 196 g/mol. The van der Waals surface area contributed by atoms with Crippen LogP contribution in [0.5, 0.6) is 0 Å². The third-order valence-electron chi connectivity index (χ3n) is 3.33. The molecule has 1 unspecified atom stereocenters. The second-order valence-electron chi connectivity index (χ2n) is 5.22. The van der Waals surface area contributed by atoms with Crippen LogP contribution in [0, 0.1) is 6.92 Å². The van der Waals surface area contributed by atoms with E-state index in [2.05, 4.69) is 51.6 Å². The summed E-state index contributed by atoms with van der Waals surface area (Å²) in [5.41, 5.74) is 3.87. The van der Waals surface area contributed by atoms with Gasteiger partial charge in [-0.15, -0.1) is 0 Å². The minimum absolute atomic E-state index is 0.105. The number of ether oxygens (including phenoxy) is 1. The average molecular weight is 216 g/mol. The van der Waals surface area contributed by atoms with E-state index in [0.29, 0.717) is 6.10 Å². The Kier molecular flexibility index (Phi) is 2.90. The third kappa shape index (κ3) is 2.53. The lowest BCUT2D eigenvalue weighted by Gasteiger charge is -2.05. The lowest BCUT2D eigenvalue weighted by Crippen LogP contribution is -2.02. The van der Waals surface area contributed by atoms with Crippen molar-refractivity contribution in [2.24, 2.45) is 0 Å². The zero-order chi connectivity index (χ0) is 11.8. The minimum Gasteiger partial charge on any atom is -0.367 e. The summed E-state index contributed by atoms with van der Waals surface area (Å²) in [6.45, 7) is 10.5. The normalized spacial score (nSPS) is 21.8. The highest BCUT2D eigenvalue weighted by Crippen LogP contribution is 2.39. The first-order chi connectivity index (χ1) is 7.49. The first-order valence-electron chi connectivity index (χ1n) is 5.92. The van der Waals surface area contributed by atoms with E-state index in [4.69, 9.17) is 4.74 Å². The van der Waals surface area contributed by atoms with Gasteiger partial charge in [0.15, 0.2) is 0 Å². The largest absolute Gasteiger partial charge is 0.367 e. The van der Waals surface area contributed by atoms with Crippen LogP contribution in [0.4, 0.5) is 0 Å². The molecule has 1 aliphatic rings. The second-order valence-corrected chi connectivity index (χ2v) is 5.22. The second kappa shape index (κ2) is 4.06. The van der Waals surface area contributed by atoms with E-state index >= 15 is 0 Å². The number of hydrogen-bond donors (Lipinski definition) is 0. The van der Waals surface area contributed by atoms with Crippen molar-refractivity contribution in [3.63, 3.8) is 0 Å². The van der Waals surface area contributed by atoms with Crippen molar-refractivity contribution in [1.29, 1.82) is 0 Å². The van der Waals surface area contributed by atoms with Crippen LogP contribution in [0.25, 0.3) is 5.57 Å². The molecule has 16 heavy (non-hydrogen) atoms. The Labute approximate surface area is 98.1 Å². The lowest BCUT2D eigenvalue weighted by molar-refractivity contribution is 0.320. The SMILES string of the molecule is C=C(CCC1OC1(C)C)c1ccc(C)cc1. The summed E-state index contributed by atoms with van der Waals surface area (Å²) in [5.74, 6) is 0. The van der Waals surface area contributed by atoms with Gasteiger partial charge in [-0.25, -0.2) is 0 Å². The molecule has 1 atom stereocenters. The predicted octanol–water partition coefficient (Wildman–Crippen LogP) is 3.97. The van der Waals surface area contributed by atoms with Gasteiger partial charge in [0.1, 0.15) is 0 Å². The molecule has 0 spiro atoms. The Morgan fingerprint density at radius 3 is 2.38 bits per heavy atom. The fraction of sp³-hybridized carbons (Fsp3) is 0.467. The van der Waals surface area contributed by atoms with Gasteiger partial charge in [-0.3, -0.25) is 0 Å². The van der Waals surface area contributed by atoms with E-state index < -0.39 is 0 Å². The van der Waals surface area contributed by atoms with Crippen LogP contribution in [-0.2, 0) is 4.74 Å². The van der Waals surface area contributed by atoms with Gasteiger partial charge >= 0.3 is 0 Å². The molecule has 1 fully saturated rings. The lowest BCUT2D eigenvalue weighted by atomic mass is 9.98. The van der Waals surface area contributed by atoms with Gasteiger partial charge in [0.2, 0.25) is 0 Å². The molecule has 1 saturated heterocycles. The maximum absolute atomic E-state index is 5.57. The molecule has 0 aliphatic carbocycles. The molecule has 0 saturated carbocycles. The van der Waals surface area contributed by atoms with Crippen molar-refractivity contribution in [1.82, 2.24) is 0 Å². The molecule has 0 amide bonds. The van der Waals surface area contributed by atoms with E-state index in [0.717, 1.165) is 12.8 Å². The Morgan fingerprint density at radius 2 is 1.88 bits per heavy atom. The topological polar surface area (TPSA) is 12.5 Å². The number of epoxide rings is 1. The molecule has 0 N–H and O–H groups in total. The van der Waals surface area contributed by atoms with Gasteiger partial charge in [-0.05, 0) is 44.7 Å². The van der Waals surface area contributed by atoms with Gasteiger partial charge in [-0.1, -0.05) is 36.4 Å². The van der Waals surface area contributed by atoms with Crippen molar-refractivity contribution in [3.05, 3.63) is 42.0 Å². The molecule has 1 aromatic carbocycles. The maximum atomic E-state index is 5.57. The van der Waals surface area contributed by atoms with Crippen molar-refractivity contribution in [2.45, 2.75) is 45.3 Å². The van der Waals surface area contributed by atoms with E-state index in [9.17, 15) is 0 Å². The number of aryl methyl sites for hydroxylation is 1. The predicted molar refractivity (Wildman–Crippen MR) is 68.4 cm³/mol.